The number of nitrogens with two attached hydrogens (primary N) is 1. The van der Waals surface area contributed by atoms with E-state index in [-0.39, 0.29) is 0 Å². The first-order valence-corrected chi connectivity index (χ1v) is 6.62. The van der Waals surface area contributed by atoms with Gasteiger partial charge in [-0.05, 0) is 24.6 Å². The Balaban J connectivity index is 1.76. The molecule has 0 aromatic heterocycles. The van der Waals surface area contributed by atoms with Gasteiger partial charge in [-0.2, -0.15) is 0 Å². The van der Waals surface area contributed by atoms with Gasteiger partial charge in [0.1, 0.15) is 0 Å². The second-order valence-corrected chi connectivity index (χ2v) is 4.79. The lowest BCUT2D eigenvalue weighted by atomic mass is 10.1. The molecule has 1 aromatic rings. The lowest BCUT2D eigenvalue weighted by molar-refractivity contribution is -0.109. The molecule has 0 amide bonds. The first kappa shape index (κ1) is 14.3. The molecule has 1 aromatic carbocycles. The molecule has 1 aliphatic rings. The molecule has 1 atom stereocenters. The number of hydrogen-bond acceptors (Lipinski definition) is 5. The topological polar surface area (TPSA) is 68.0 Å². The van der Waals surface area contributed by atoms with Gasteiger partial charge in [0.2, 0.25) is 0 Å². The molecule has 0 bridgehead atoms. The van der Waals surface area contributed by atoms with Gasteiger partial charge in [-0.3, -0.25) is 4.90 Å². The van der Waals surface area contributed by atoms with E-state index < -0.39 is 6.29 Å². The van der Waals surface area contributed by atoms with Crippen LogP contribution in [0.25, 0.3) is 0 Å². The molecule has 3 N–H and O–H groups in total. The average molecular weight is 266 g/mol. The minimum absolute atomic E-state index is 0.505. The summed E-state index contributed by atoms with van der Waals surface area (Å²) < 4.78 is 10.7. The Morgan fingerprint density at radius 1 is 1.42 bits per heavy atom. The summed E-state index contributed by atoms with van der Waals surface area (Å²) in [7, 11) is 0. The number of aliphatic hydroxyl groups is 1. The fraction of sp³-hybridized carbons (Fsp3) is 0.571. The van der Waals surface area contributed by atoms with Crippen LogP contribution in [0.1, 0.15) is 17.4 Å². The van der Waals surface area contributed by atoms with Crippen molar-refractivity contribution in [3.05, 3.63) is 29.3 Å². The van der Waals surface area contributed by atoms with Gasteiger partial charge in [-0.25, -0.2) is 0 Å². The van der Waals surface area contributed by atoms with Crippen LogP contribution >= 0.6 is 0 Å². The monoisotopic (exact) mass is 266 g/mol. The predicted molar refractivity (Wildman–Crippen MR) is 73.8 cm³/mol. The molecule has 1 unspecified atom stereocenters. The van der Waals surface area contributed by atoms with Crippen LogP contribution in [0.15, 0.2) is 18.2 Å². The molecule has 0 radical (unpaired) electrons. The van der Waals surface area contributed by atoms with E-state index in [4.69, 9.17) is 15.2 Å². The van der Waals surface area contributed by atoms with E-state index in [0.29, 0.717) is 6.61 Å². The summed E-state index contributed by atoms with van der Waals surface area (Å²) in [6.07, 6.45) is -0.889. The third kappa shape index (κ3) is 4.18. The van der Waals surface area contributed by atoms with Crippen LogP contribution in [-0.4, -0.2) is 49.5 Å². The van der Waals surface area contributed by atoms with Crippen molar-refractivity contribution in [1.29, 1.82) is 0 Å². The molecule has 0 spiro atoms. The summed E-state index contributed by atoms with van der Waals surface area (Å²) in [5.41, 5.74) is 8.17. The molecule has 106 valence electrons. The highest BCUT2D eigenvalue weighted by molar-refractivity contribution is 5.47. The maximum atomic E-state index is 9.96. The van der Waals surface area contributed by atoms with Gasteiger partial charge in [0.25, 0.3) is 0 Å². The van der Waals surface area contributed by atoms with Crippen LogP contribution in [0.4, 0.5) is 5.69 Å². The Kier molecular flexibility index (Phi) is 5.15. The van der Waals surface area contributed by atoms with Gasteiger partial charge in [0, 0.05) is 30.9 Å². The third-order valence-electron chi connectivity index (χ3n) is 3.37. The van der Waals surface area contributed by atoms with Crippen molar-refractivity contribution in [3.8, 4) is 0 Å². The van der Waals surface area contributed by atoms with Crippen LogP contribution in [0.5, 0.6) is 0 Å². The quantitative estimate of drug-likeness (QED) is 0.612. The number of anilines is 1. The summed E-state index contributed by atoms with van der Waals surface area (Å²) in [5.74, 6) is 0. The summed E-state index contributed by atoms with van der Waals surface area (Å²) >= 11 is 0. The standard InChI is InChI=1S/C14H22N2O3/c1-11-10-12(2-3-13(11)15)14(17)19-9-6-16-4-7-18-8-5-16/h2-3,10,14,17H,4-9,15H2,1H3. The molecular weight excluding hydrogens is 244 g/mol. The lowest BCUT2D eigenvalue weighted by Gasteiger charge is -2.26. The van der Waals surface area contributed by atoms with Crippen LogP contribution in [0.2, 0.25) is 0 Å². The number of nitrogen functional groups attached to an aromatic ring is 1. The van der Waals surface area contributed by atoms with Crippen molar-refractivity contribution in [1.82, 2.24) is 4.90 Å². The Morgan fingerprint density at radius 2 is 2.16 bits per heavy atom. The van der Waals surface area contributed by atoms with Crippen LogP contribution in [-0.2, 0) is 9.47 Å². The van der Waals surface area contributed by atoms with Crippen LogP contribution in [0, 0.1) is 6.92 Å². The summed E-state index contributed by atoms with van der Waals surface area (Å²) in [4.78, 5) is 2.27. The lowest BCUT2D eigenvalue weighted by Crippen LogP contribution is -2.38. The van der Waals surface area contributed by atoms with Gasteiger partial charge in [0.05, 0.1) is 19.8 Å². The highest BCUT2D eigenvalue weighted by Crippen LogP contribution is 2.19. The number of nitrogens with zero attached hydrogens (tertiary/aromatic N) is 1. The van der Waals surface area contributed by atoms with Gasteiger partial charge < -0.3 is 20.3 Å². The number of benzene rings is 1. The first-order valence-electron chi connectivity index (χ1n) is 6.62. The van der Waals surface area contributed by atoms with Crippen molar-refractivity contribution < 1.29 is 14.6 Å². The molecule has 2 rings (SSSR count). The highest BCUT2D eigenvalue weighted by Gasteiger charge is 2.12. The van der Waals surface area contributed by atoms with E-state index >= 15 is 0 Å². The maximum Gasteiger partial charge on any atom is 0.181 e. The van der Waals surface area contributed by atoms with Crippen molar-refractivity contribution in [2.45, 2.75) is 13.2 Å². The van der Waals surface area contributed by atoms with Gasteiger partial charge in [-0.1, -0.05) is 6.07 Å². The summed E-state index contributed by atoms with van der Waals surface area (Å²) in [6, 6.07) is 5.44. The van der Waals surface area contributed by atoms with Crippen LogP contribution in [0.3, 0.4) is 0 Å². The van der Waals surface area contributed by atoms with Crippen LogP contribution < -0.4 is 5.73 Å². The van der Waals surface area contributed by atoms with Gasteiger partial charge in [0.15, 0.2) is 6.29 Å². The SMILES string of the molecule is Cc1cc(C(O)OCCN2CCOCC2)ccc1N. The molecule has 0 saturated carbocycles. The zero-order chi connectivity index (χ0) is 13.7. The number of rotatable bonds is 5. The smallest absolute Gasteiger partial charge is 0.181 e. The first-order chi connectivity index (χ1) is 9.16. The molecule has 5 heteroatoms. The number of ether oxygens (including phenoxy) is 2. The Labute approximate surface area is 113 Å². The Hall–Kier alpha value is -1.14. The largest absolute Gasteiger partial charge is 0.399 e. The Bertz CT molecular complexity index is 406. The molecule has 19 heavy (non-hydrogen) atoms. The van der Waals surface area contributed by atoms with Crippen molar-refractivity contribution in [2.24, 2.45) is 0 Å². The van der Waals surface area contributed by atoms with E-state index in [0.717, 1.165) is 49.7 Å². The zero-order valence-corrected chi connectivity index (χ0v) is 11.3. The second-order valence-electron chi connectivity index (χ2n) is 4.79. The fourth-order valence-corrected chi connectivity index (χ4v) is 2.07. The number of aliphatic hydroxyl groups excluding tert-OH is 1. The minimum Gasteiger partial charge on any atom is -0.399 e. The van der Waals surface area contributed by atoms with Gasteiger partial charge in [-0.15, -0.1) is 0 Å². The van der Waals surface area contributed by atoms with E-state index in [1.54, 1.807) is 12.1 Å². The molecule has 1 heterocycles. The van der Waals surface area contributed by atoms with Crippen molar-refractivity contribution in [2.75, 3.05) is 45.2 Å². The fourth-order valence-electron chi connectivity index (χ4n) is 2.07. The zero-order valence-electron chi connectivity index (χ0n) is 11.3. The van der Waals surface area contributed by atoms with Crippen molar-refractivity contribution >= 4 is 5.69 Å². The van der Waals surface area contributed by atoms with E-state index in [1.807, 2.05) is 13.0 Å². The average Bonchev–Trinajstić information content (AvgIpc) is 2.43. The van der Waals surface area contributed by atoms with E-state index in [2.05, 4.69) is 4.90 Å². The molecule has 0 aliphatic carbocycles. The highest BCUT2D eigenvalue weighted by atomic mass is 16.6. The minimum atomic E-state index is -0.889. The molecule has 5 nitrogen and oxygen atoms in total. The van der Waals surface area contributed by atoms with E-state index in [9.17, 15) is 5.11 Å². The van der Waals surface area contributed by atoms with E-state index in [1.165, 1.54) is 0 Å². The van der Waals surface area contributed by atoms with Gasteiger partial charge >= 0.3 is 0 Å². The maximum absolute atomic E-state index is 9.96. The second kappa shape index (κ2) is 6.86. The molecule has 1 saturated heterocycles. The number of aryl methyl sites for hydroxylation is 1. The summed E-state index contributed by atoms with van der Waals surface area (Å²) in [5, 5.41) is 9.96. The molecule has 1 fully saturated rings. The molecule has 1 aliphatic heterocycles. The normalized spacial score (nSPS) is 18.4. The molecular formula is C14H22N2O3. The number of morpholine rings is 1. The third-order valence-corrected chi connectivity index (χ3v) is 3.37. The number of hydrogen-bond donors (Lipinski definition) is 2. The summed E-state index contributed by atoms with van der Waals surface area (Å²) in [6.45, 7) is 6.65. The van der Waals surface area contributed by atoms with Crippen molar-refractivity contribution in [3.63, 3.8) is 0 Å². The Morgan fingerprint density at radius 3 is 2.84 bits per heavy atom. The predicted octanol–water partition coefficient (Wildman–Crippen LogP) is 0.917.